The molecule has 9 heteroatoms. The Morgan fingerprint density at radius 1 is 0.475 bits per heavy atom. The highest BCUT2D eigenvalue weighted by atomic mass is 16.5. The van der Waals surface area contributed by atoms with Crippen molar-refractivity contribution >= 4 is 6.71 Å². The van der Waals surface area contributed by atoms with Gasteiger partial charge in [-0.1, -0.05) is 99.2 Å². The molecule has 22 atom stereocenters. The molecule has 0 spiro atoms. The van der Waals surface area contributed by atoms with E-state index < -0.39 is 0 Å². The highest BCUT2D eigenvalue weighted by Crippen LogP contribution is 2.70. The lowest BCUT2D eigenvalue weighted by Crippen LogP contribution is -2.78. The number of hydrogen-bond acceptors (Lipinski definition) is 8. The summed E-state index contributed by atoms with van der Waals surface area (Å²) in [5.74, 6) is 8.82. The molecule has 13 fully saturated rings. The zero-order valence-electron chi connectivity index (χ0n) is 34.9. The first-order chi connectivity index (χ1) is 29.3. The van der Waals surface area contributed by atoms with E-state index in [4.69, 9.17) is 9.47 Å². The largest absolute Gasteiger partial charge is 0.375 e. The number of hydrazine groups is 4. The average molecular weight is 795 g/mol. The molecule has 59 heavy (non-hydrogen) atoms. The Bertz CT molecular complexity index is 1790. The Morgan fingerprint density at radius 3 is 1.44 bits per heavy atom. The van der Waals surface area contributed by atoms with E-state index in [2.05, 4.69) is 92.6 Å². The molecule has 312 valence electrons. The van der Waals surface area contributed by atoms with Crippen LogP contribution in [0.4, 0.5) is 0 Å². The first-order valence-electron chi connectivity index (χ1n) is 25.3. The van der Waals surface area contributed by atoms with Gasteiger partial charge in [0, 0.05) is 48.1 Å². The van der Waals surface area contributed by atoms with E-state index in [1.807, 2.05) is 0 Å². The molecular weight excluding hydrogens is 727 g/mol. The maximum absolute atomic E-state index is 7.86. The van der Waals surface area contributed by atoms with E-state index in [1.165, 1.54) is 107 Å². The SMILES string of the molecule is c1ccc(C2CC(c3ccccc3)C3C4B(C5C6OC7CCC8CCCCC8C7C6CC6NNN(C65)C24)C2C4OC5CCC6CCCCC6C5C4CC4NNN3C42)cc1. The molecular formula is C50H67BN6O2. The molecule has 0 amide bonds. The van der Waals surface area contributed by atoms with Crippen LogP contribution in [0, 0.1) is 47.3 Å². The lowest BCUT2D eigenvalue weighted by atomic mass is 9.16. The lowest BCUT2D eigenvalue weighted by molar-refractivity contribution is -0.0811. The highest BCUT2D eigenvalue weighted by Gasteiger charge is 2.76. The van der Waals surface area contributed by atoms with Crippen LogP contribution in [0.1, 0.15) is 119 Å². The third-order valence-electron chi connectivity index (χ3n) is 21.3. The summed E-state index contributed by atoms with van der Waals surface area (Å²) in [5, 5.41) is 5.74. The molecule has 7 saturated carbocycles. The van der Waals surface area contributed by atoms with E-state index in [0.29, 0.717) is 109 Å². The van der Waals surface area contributed by atoms with Crippen LogP contribution in [0.5, 0.6) is 0 Å². The predicted molar refractivity (Wildman–Crippen MR) is 229 cm³/mol. The first-order valence-corrected chi connectivity index (χ1v) is 25.3. The molecule has 0 radical (unpaired) electrons. The van der Waals surface area contributed by atoms with Crippen molar-refractivity contribution in [3.05, 3.63) is 71.8 Å². The van der Waals surface area contributed by atoms with Crippen LogP contribution in [0.25, 0.3) is 0 Å². The lowest BCUT2D eigenvalue weighted by Gasteiger charge is -2.68. The Kier molecular flexibility index (Phi) is 8.06. The van der Waals surface area contributed by atoms with Crippen molar-refractivity contribution in [2.45, 2.75) is 186 Å². The smallest absolute Gasteiger partial charge is 0.163 e. The van der Waals surface area contributed by atoms with Gasteiger partial charge in [0.25, 0.3) is 0 Å². The van der Waals surface area contributed by atoms with Crippen molar-refractivity contribution in [2.24, 2.45) is 47.3 Å². The highest BCUT2D eigenvalue weighted by molar-refractivity contribution is 6.66. The van der Waals surface area contributed by atoms with Gasteiger partial charge in [0.2, 0.25) is 0 Å². The topological polar surface area (TPSA) is 73.1 Å². The Hall–Kier alpha value is -1.82. The number of nitrogens with one attached hydrogen (secondary N) is 4. The maximum Gasteiger partial charge on any atom is 0.163 e. The molecule has 15 rings (SSSR count). The zero-order valence-corrected chi connectivity index (χ0v) is 34.9. The molecule has 0 aromatic heterocycles. The fourth-order valence-electron chi connectivity index (χ4n) is 19.9. The Balaban J connectivity index is 0.919. The molecule has 2 aromatic carbocycles. The number of ether oxygens (including phenoxy) is 2. The van der Waals surface area contributed by atoms with Crippen LogP contribution in [-0.4, -0.2) is 77.4 Å². The summed E-state index contributed by atoms with van der Waals surface area (Å²) < 4.78 is 15.7. The van der Waals surface area contributed by atoms with E-state index in [-0.39, 0.29) is 0 Å². The van der Waals surface area contributed by atoms with Gasteiger partial charge in [0.05, 0.1) is 24.4 Å². The summed E-state index contributed by atoms with van der Waals surface area (Å²) >= 11 is 0. The van der Waals surface area contributed by atoms with E-state index >= 15 is 0 Å². The van der Waals surface area contributed by atoms with E-state index in [9.17, 15) is 0 Å². The Morgan fingerprint density at radius 2 is 0.949 bits per heavy atom. The molecule has 22 unspecified atom stereocenters. The fourth-order valence-corrected chi connectivity index (χ4v) is 19.9. The van der Waals surface area contributed by atoms with Crippen LogP contribution in [-0.2, 0) is 9.47 Å². The van der Waals surface area contributed by atoms with Gasteiger partial charge >= 0.3 is 0 Å². The quantitative estimate of drug-likeness (QED) is 0.234. The minimum absolute atomic E-state index is 0.356. The molecule has 4 N–H and O–H groups in total. The number of rotatable bonds is 2. The minimum Gasteiger partial charge on any atom is -0.375 e. The summed E-state index contributed by atoms with van der Waals surface area (Å²) in [6.45, 7) is 0.559. The van der Waals surface area contributed by atoms with Crippen molar-refractivity contribution < 1.29 is 9.47 Å². The van der Waals surface area contributed by atoms with E-state index in [0.717, 1.165) is 35.5 Å². The standard InChI is InChI=1S/C50H67BN6O2/c1-3-11-26(12-4-1)32-23-33(27-13-5-2-6-14-27)46-42-45(32)56-47-36(52-54-56)24-34-40-30-17-9-7-15-28(30)19-21-38(40)58-49(34)43(47)51(42)44-48-37(53-55-57(46)48)25-35-41-31-18-10-8-16-29(31)20-22-39(41)59-50(35)44/h1-6,11-14,28-50,52-55H,7-10,15-25H2. The number of fused-ring (bicyclic) bond motifs is 16. The average Bonchev–Trinajstić information content (AvgIpc) is 4.10. The van der Waals surface area contributed by atoms with Gasteiger partial charge in [-0.25, -0.2) is 20.9 Å². The van der Waals surface area contributed by atoms with Gasteiger partial charge in [-0.15, -0.1) is 0 Å². The van der Waals surface area contributed by atoms with Gasteiger partial charge < -0.3 is 9.47 Å². The van der Waals surface area contributed by atoms with Crippen molar-refractivity contribution in [3.63, 3.8) is 0 Å². The van der Waals surface area contributed by atoms with Gasteiger partial charge in [-0.3, -0.25) is 0 Å². The first kappa shape index (κ1) is 35.6. The van der Waals surface area contributed by atoms with Crippen LogP contribution >= 0.6 is 0 Å². The summed E-state index contributed by atoms with van der Waals surface area (Å²) in [6.07, 6.45) is 22.4. The van der Waals surface area contributed by atoms with Crippen LogP contribution in [0.15, 0.2) is 60.7 Å². The number of benzene rings is 2. The second-order valence-electron chi connectivity index (χ2n) is 22.9. The maximum atomic E-state index is 7.86. The molecule has 0 bridgehead atoms. The van der Waals surface area contributed by atoms with Gasteiger partial charge in [0.1, 0.15) is 0 Å². The van der Waals surface area contributed by atoms with Crippen molar-refractivity contribution in [3.8, 4) is 0 Å². The number of hydrogen-bond donors (Lipinski definition) is 4. The molecule has 8 nitrogen and oxygen atoms in total. The second-order valence-corrected chi connectivity index (χ2v) is 22.9. The van der Waals surface area contributed by atoms with Crippen LogP contribution < -0.4 is 21.9 Å². The van der Waals surface area contributed by atoms with Crippen molar-refractivity contribution in [1.29, 1.82) is 0 Å². The molecule has 6 aliphatic heterocycles. The minimum atomic E-state index is 0.356. The fraction of sp³-hybridized carbons (Fsp3) is 0.760. The summed E-state index contributed by atoms with van der Waals surface area (Å²) in [6, 6.07) is 26.2. The normalized spacial score (nSPS) is 55.1. The molecule has 6 saturated heterocycles. The molecule has 13 aliphatic rings. The van der Waals surface area contributed by atoms with Crippen LogP contribution in [0.3, 0.4) is 0 Å². The van der Waals surface area contributed by atoms with Gasteiger partial charge in [-0.05, 0) is 134 Å². The predicted octanol–water partition coefficient (Wildman–Crippen LogP) is 7.46. The number of nitrogens with zero attached hydrogens (tertiary/aromatic N) is 2. The van der Waals surface area contributed by atoms with Gasteiger partial charge in [0.15, 0.2) is 6.71 Å². The molecule has 7 aliphatic carbocycles. The molecule has 2 aromatic rings. The summed E-state index contributed by atoms with van der Waals surface area (Å²) in [4.78, 5) is 0. The molecule has 6 heterocycles. The zero-order chi connectivity index (χ0) is 38.1. The van der Waals surface area contributed by atoms with E-state index in [1.54, 1.807) is 0 Å². The summed E-state index contributed by atoms with van der Waals surface area (Å²) in [5.41, 5.74) is 19.4. The summed E-state index contributed by atoms with van der Waals surface area (Å²) in [7, 11) is 0. The second kappa shape index (κ2) is 13.4. The monoisotopic (exact) mass is 795 g/mol. The van der Waals surface area contributed by atoms with Crippen molar-refractivity contribution in [2.75, 3.05) is 0 Å². The van der Waals surface area contributed by atoms with Crippen molar-refractivity contribution in [1.82, 2.24) is 31.9 Å². The van der Waals surface area contributed by atoms with Gasteiger partial charge in [-0.2, -0.15) is 11.1 Å². The third-order valence-corrected chi connectivity index (χ3v) is 21.3. The Labute approximate surface area is 352 Å². The third kappa shape index (κ3) is 4.86. The van der Waals surface area contributed by atoms with Crippen LogP contribution in [0.2, 0.25) is 17.5 Å².